The highest BCUT2D eigenvalue weighted by molar-refractivity contribution is 7.17. The van der Waals surface area contributed by atoms with Gasteiger partial charge in [0.1, 0.15) is 17.0 Å². The summed E-state index contributed by atoms with van der Waals surface area (Å²) >= 11 is 7.37. The Balaban J connectivity index is 1.45. The van der Waals surface area contributed by atoms with Crippen LogP contribution in [-0.4, -0.2) is 22.8 Å². The number of imide groups is 1. The Hall–Kier alpha value is -3.78. The first-order chi connectivity index (χ1) is 17.9. The number of thiophene rings is 1. The van der Waals surface area contributed by atoms with Crippen LogP contribution in [-0.2, 0) is 27.3 Å². The molecule has 2 amide bonds. The molecule has 3 atom stereocenters. The molecule has 0 radical (unpaired) electrons. The van der Waals surface area contributed by atoms with Gasteiger partial charge in [-0.05, 0) is 61.1 Å². The number of hydrogen-bond acceptors (Lipinski definition) is 8. The van der Waals surface area contributed by atoms with Crippen molar-refractivity contribution in [2.75, 3.05) is 9.96 Å². The number of non-ortho nitro benzene ring substituents is 1. The van der Waals surface area contributed by atoms with Gasteiger partial charge in [-0.1, -0.05) is 23.7 Å². The van der Waals surface area contributed by atoms with Crippen LogP contribution in [0.1, 0.15) is 40.5 Å². The second kappa shape index (κ2) is 8.95. The standard InChI is InChI=1S/C26H19ClN4O5S/c27-15-8-10-16(11-9-15)30-22(14-4-3-5-17(12-14)31(34)35)21-23(36-30)25(33)29(24(21)32)26-19(13-28)18-6-1-2-7-20(18)37-26/h3-5,8-12,21-23H,1-2,6-7H2/t21-,22+,23-/m0/s1. The molecule has 3 aromatic rings. The maximum absolute atomic E-state index is 14.0. The molecule has 2 fully saturated rings. The molecule has 1 aromatic heterocycles. The molecule has 186 valence electrons. The minimum absolute atomic E-state index is 0.136. The fraction of sp³-hybridized carbons (Fsp3) is 0.269. The van der Waals surface area contributed by atoms with Crippen LogP contribution < -0.4 is 9.96 Å². The summed E-state index contributed by atoms with van der Waals surface area (Å²) in [6.07, 6.45) is 2.38. The number of nitro benzene ring substituents is 1. The molecular formula is C26H19ClN4O5S. The number of fused-ring (bicyclic) bond motifs is 2. The fourth-order valence-corrected chi connectivity index (χ4v) is 6.89. The van der Waals surface area contributed by atoms with Gasteiger partial charge in [-0.15, -0.1) is 11.3 Å². The van der Waals surface area contributed by atoms with Crippen LogP contribution in [0.2, 0.25) is 5.02 Å². The van der Waals surface area contributed by atoms with Crippen LogP contribution in [0, 0.1) is 27.4 Å². The second-order valence-electron chi connectivity index (χ2n) is 9.17. The van der Waals surface area contributed by atoms with E-state index in [1.165, 1.54) is 28.5 Å². The number of nitro groups is 1. The van der Waals surface area contributed by atoms with E-state index in [2.05, 4.69) is 6.07 Å². The molecule has 9 nitrogen and oxygen atoms in total. The molecule has 6 rings (SSSR count). The lowest BCUT2D eigenvalue weighted by Gasteiger charge is -2.28. The minimum atomic E-state index is -1.14. The molecule has 0 saturated carbocycles. The normalized spacial score (nSPS) is 22.6. The van der Waals surface area contributed by atoms with Crippen molar-refractivity contribution in [3.8, 4) is 6.07 Å². The first-order valence-corrected chi connectivity index (χ1v) is 13.0. The summed E-state index contributed by atoms with van der Waals surface area (Å²) in [5, 5.41) is 23.7. The SMILES string of the molecule is N#Cc1c(N2C(=O)[C@@H]3[C@H](ON(c4ccc(Cl)cc4)[C@@H]3c3cccc([N+](=O)[O-])c3)C2=O)sc2c1CCCC2. The zero-order valence-electron chi connectivity index (χ0n) is 19.3. The first kappa shape index (κ1) is 23.6. The molecule has 3 heterocycles. The largest absolute Gasteiger partial charge is 0.273 e. The van der Waals surface area contributed by atoms with Gasteiger partial charge in [0.05, 0.1) is 22.2 Å². The number of nitriles is 1. The predicted molar refractivity (Wildman–Crippen MR) is 136 cm³/mol. The maximum atomic E-state index is 14.0. The first-order valence-electron chi connectivity index (χ1n) is 11.8. The van der Waals surface area contributed by atoms with Gasteiger partial charge in [0.25, 0.3) is 11.6 Å². The number of carbonyl (C=O) groups excluding carboxylic acids is 2. The summed E-state index contributed by atoms with van der Waals surface area (Å²) in [4.78, 5) is 46.9. The summed E-state index contributed by atoms with van der Waals surface area (Å²) in [7, 11) is 0. The number of aryl methyl sites for hydroxylation is 1. The van der Waals surface area contributed by atoms with Crippen molar-refractivity contribution in [3.05, 3.63) is 85.2 Å². The van der Waals surface area contributed by atoms with Crippen molar-refractivity contribution in [3.63, 3.8) is 0 Å². The molecule has 0 N–H and O–H groups in total. The van der Waals surface area contributed by atoms with E-state index in [1.807, 2.05) is 0 Å². The summed E-state index contributed by atoms with van der Waals surface area (Å²) in [6.45, 7) is 0. The molecule has 2 saturated heterocycles. The third-order valence-corrected chi connectivity index (χ3v) is 8.62. The molecule has 0 unspecified atom stereocenters. The lowest BCUT2D eigenvalue weighted by molar-refractivity contribution is -0.384. The van der Waals surface area contributed by atoms with Crippen LogP contribution >= 0.6 is 22.9 Å². The van der Waals surface area contributed by atoms with Crippen molar-refractivity contribution >= 4 is 51.1 Å². The molecule has 2 aliphatic heterocycles. The van der Waals surface area contributed by atoms with Crippen LogP contribution in [0.3, 0.4) is 0 Å². The third-order valence-electron chi connectivity index (χ3n) is 7.09. The quantitative estimate of drug-likeness (QED) is 0.259. The summed E-state index contributed by atoms with van der Waals surface area (Å²) in [5.74, 6) is -1.99. The molecule has 11 heteroatoms. The fourth-order valence-electron chi connectivity index (χ4n) is 5.41. The van der Waals surface area contributed by atoms with E-state index in [0.29, 0.717) is 26.8 Å². The number of carbonyl (C=O) groups is 2. The van der Waals surface area contributed by atoms with Gasteiger partial charge in [-0.3, -0.25) is 24.5 Å². The van der Waals surface area contributed by atoms with E-state index in [4.69, 9.17) is 16.4 Å². The number of amides is 2. The second-order valence-corrected chi connectivity index (χ2v) is 10.7. The van der Waals surface area contributed by atoms with E-state index in [9.17, 15) is 25.0 Å². The average molecular weight is 535 g/mol. The van der Waals surface area contributed by atoms with Gasteiger partial charge in [0, 0.05) is 22.0 Å². The number of halogens is 1. The van der Waals surface area contributed by atoms with Gasteiger partial charge in [0.15, 0.2) is 6.10 Å². The Bertz CT molecular complexity index is 1500. The highest BCUT2D eigenvalue weighted by Crippen LogP contribution is 2.50. The lowest BCUT2D eigenvalue weighted by atomic mass is 9.90. The van der Waals surface area contributed by atoms with E-state index in [0.717, 1.165) is 41.0 Å². The van der Waals surface area contributed by atoms with Crippen LogP contribution in [0.25, 0.3) is 0 Å². The van der Waals surface area contributed by atoms with Crippen molar-refractivity contribution in [1.29, 1.82) is 5.26 Å². The zero-order valence-corrected chi connectivity index (χ0v) is 20.9. The molecule has 0 bridgehead atoms. The van der Waals surface area contributed by atoms with E-state index < -0.39 is 34.8 Å². The van der Waals surface area contributed by atoms with Crippen LogP contribution in [0.15, 0.2) is 48.5 Å². The van der Waals surface area contributed by atoms with Crippen molar-refractivity contribution in [2.45, 2.75) is 37.8 Å². The third kappa shape index (κ3) is 3.70. The Morgan fingerprint density at radius 3 is 2.59 bits per heavy atom. The number of nitrogens with zero attached hydrogens (tertiary/aromatic N) is 4. The van der Waals surface area contributed by atoms with Gasteiger partial charge < -0.3 is 0 Å². The smallest absolute Gasteiger partial charge is 0.269 e. The number of hydrogen-bond donors (Lipinski definition) is 0. The van der Waals surface area contributed by atoms with E-state index >= 15 is 0 Å². The monoisotopic (exact) mass is 534 g/mol. The molecule has 37 heavy (non-hydrogen) atoms. The topological polar surface area (TPSA) is 117 Å². The van der Waals surface area contributed by atoms with Crippen LogP contribution in [0.5, 0.6) is 0 Å². The van der Waals surface area contributed by atoms with E-state index in [-0.39, 0.29) is 5.69 Å². The Kier molecular flexibility index (Phi) is 5.71. The summed E-state index contributed by atoms with van der Waals surface area (Å²) < 4.78 is 0. The number of hydroxylamine groups is 1. The van der Waals surface area contributed by atoms with Gasteiger partial charge in [-0.25, -0.2) is 9.96 Å². The molecule has 3 aliphatic rings. The zero-order chi connectivity index (χ0) is 25.8. The van der Waals surface area contributed by atoms with Gasteiger partial charge in [-0.2, -0.15) is 5.26 Å². The average Bonchev–Trinajstić information content (AvgIpc) is 3.54. The summed E-state index contributed by atoms with van der Waals surface area (Å²) in [6, 6.07) is 14.1. The van der Waals surface area contributed by atoms with Gasteiger partial charge >= 0.3 is 0 Å². The summed E-state index contributed by atoms with van der Waals surface area (Å²) in [5.41, 5.74) is 2.17. The Labute approximate surface area is 220 Å². The minimum Gasteiger partial charge on any atom is -0.273 e. The Morgan fingerprint density at radius 2 is 1.86 bits per heavy atom. The number of benzene rings is 2. The van der Waals surface area contributed by atoms with E-state index in [1.54, 1.807) is 36.4 Å². The predicted octanol–water partition coefficient (Wildman–Crippen LogP) is 5.11. The lowest BCUT2D eigenvalue weighted by Crippen LogP contribution is -2.37. The molecule has 0 spiro atoms. The van der Waals surface area contributed by atoms with Gasteiger partial charge in [0.2, 0.25) is 5.91 Å². The Morgan fingerprint density at radius 1 is 1.11 bits per heavy atom. The van der Waals surface area contributed by atoms with Crippen LogP contribution in [0.4, 0.5) is 16.4 Å². The van der Waals surface area contributed by atoms with Crippen molar-refractivity contribution in [2.24, 2.45) is 5.92 Å². The number of rotatable bonds is 4. The molecular weight excluding hydrogens is 516 g/mol. The highest BCUT2D eigenvalue weighted by Gasteiger charge is 2.61. The van der Waals surface area contributed by atoms with Crippen molar-refractivity contribution in [1.82, 2.24) is 0 Å². The maximum Gasteiger partial charge on any atom is 0.269 e. The molecule has 1 aliphatic carbocycles. The number of anilines is 2. The molecule has 2 aromatic carbocycles. The van der Waals surface area contributed by atoms with Crippen molar-refractivity contribution < 1.29 is 19.3 Å². The highest BCUT2D eigenvalue weighted by atomic mass is 35.5.